The summed E-state index contributed by atoms with van der Waals surface area (Å²) in [6.07, 6.45) is -0.364. The van der Waals surface area contributed by atoms with Gasteiger partial charge >= 0.3 is 0 Å². The van der Waals surface area contributed by atoms with E-state index in [1.807, 2.05) is 85.3 Å². The number of thioether (sulfide) groups is 1. The minimum atomic E-state index is -0.367. The summed E-state index contributed by atoms with van der Waals surface area (Å²) in [6.45, 7) is 2.21. The number of anilines is 1. The molecule has 5 rings (SSSR count). The number of ether oxygens (including phenoxy) is 2. The number of carbonyl (C=O) groups is 1. The lowest BCUT2D eigenvalue weighted by molar-refractivity contribution is -0.115. The molecule has 0 saturated carbocycles. The molecule has 0 spiro atoms. The number of hydrogen-bond acceptors (Lipinski definition) is 6. The highest BCUT2D eigenvalue weighted by Crippen LogP contribution is 2.36. The first-order valence-corrected chi connectivity index (χ1v) is 11.2. The van der Waals surface area contributed by atoms with Crippen LogP contribution in [0.15, 0.2) is 71.9 Å². The third-order valence-corrected chi connectivity index (χ3v) is 6.50. The van der Waals surface area contributed by atoms with Gasteiger partial charge in [-0.15, -0.1) is 10.2 Å². The monoisotopic (exact) mass is 446 g/mol. The van der Waals surface area contributed by atoms with Crippen LogP contribution in [0.25, 0.3) is 10.8 Å². The molecule has 8 heteroatoms. The van der Waals surface area contributed by atoms with Gasteiger partial charge in [0.25, 0.3) is 0 Å². The minimum absolute atomic E-state index is 0.0953. The van der Waals surface area contributed by atoms with E-state index in [0.29, 0.717) is 23.3 Å². The molecule has 1 N–H and O–H groups in total. The number of aromatic nitrogens is 3. The molecular weight excluding hydrogens is 424 g/mol. The summed E-state index contributed by atoms with van der Waals surface area (Å²) in [4.78, 5) is 12.9. The van der Waals surface area contributed by atoms with E-state index in [2.05, 4.69) is 15.5 Å². The van der Waals surface area contributed by atoms with Gasteiger partial charge in [-0.2, -0.15) is 0 Å². The Morgan fingerprint density at radius 2 is 1.81 bits per heavy atom. The van der Waals surface area contributed by atoms with Crippen LogP contribution in [0, 0.1) is 0 Å². The fourth-order valence-corrected chi connectivity index (χ4v) is 4.46. The molecule has 0 bridgehead atoms. The van der Waals surface area contributed by atoms with Gasteiger partial charge in [0.1, 0.15) is 6.61 Å². The number of carbonyl (C=O) groups excluding carboxylic acids is 1. The Morgan fingerprint density at radius 1 is 1.06 bits per heavy atom. The molecule has 0 aliphatic carbocycles. The number of nitrogens with one attached hydrogen (secondary N) is 1. The van der Waals surface area contributed by atoms with E-state index in [9.17, 15) is 4.79 Å². The fourth-order valence-electron chi connectivity index (χ4n) is 3.64. The maximum Gasteiger partial charge on any atom is 0.237 e. The Bertz CT molecular complexity index is 1280. The number of amides is 1. The van der Waals surface area contributed by atoms with Gasteiger partial charge in [-0.3, -0.25) is 4.79 Å². The van der Waals surface area contributed by atoms with E-state index < -0.39 is 0 Å². The van der Waals surface area contributed by atoms with E-state index in [1.165, 1.54) is 11.8 Å². The predicted octanol–water partition coefficient (Wildman–Crippen LogP) is 4.60. The van der Waals surface area contributed by atoms with Crippen molar-refractivity contribution in [3.05, 3.63) is 72.6 Å². The number of fused-ring (bicyclic) bond motifs is 2. The third-order valence-electron chi connectivity index (χ3n) is 5.36. The van der Waals surface area contributed by atoms with E-state index in [-0.39, 0.29) is 17.3 Å². The minimum Gasteiger partial charge on any atom is -0.485 e. The first kappa shape index (κ1) is 20.4. The SMILES string of the molecule is CC(Sc1nnc(C2COc3ccccc3O2)n1C)C(=O)Nc1cccc2ccccc12. The Morgan fingerprint density at radius 3 is 2.69 bits per heavy atom. The summed E-state index contributed by atoms with van der Waals surface area (Å²) in [6, 6.07) is 21.4. The Kier molecular flexibility index (Phi) is 5.45. The van der Waals surface area contributed by atoms with Crippen LogP contribution >= 0.6 is 11.8 Å². The first-order valence-electron chi connectivity index (χ1n) is 10.3. The van der Waals surface area contributed by atoms with Gasteiger partial charge < -0.3 is 19.4 Å². The second-order valence-electron chi connectivity index (χ2n) is 7.54. The summed E-state index contributed by atoms with van der Waals surface area (Å²) in [5.41, 5.74) is 0.797. The van der Waals surface area contributed by atoms with Crippen molar-refractivity contribution < 1.29 is 14.3 Å². The van der Waals surface area contributed by atoms with E-state index in [4.69, 9.17) is 9.47 Å². The summed E-state index contributed by atoms with van der Waals surface area (Å²) >= 11 is 1.35. The quantitative estimate of drug-likeness (QED) is 0.452. The highest BCUT2D eigenvalue weighted by molar-refractivity contribution is 8.00. The molecule has 2 heterocycles. The number of para-hydroxylation sites is 2. The summed E-state index contributed by atoms with van der Waals surface area (Å²) in [5, 5.41) is 14.0. The summed E-state index contributed by atoms with van der Waals surface area (Å²) < 4.78 is 13.7. The molecule has 2 unspecified atom stereocenters. The van der Waals surface area contributed by atoms with Gasteiger partial charge in [0.05, 0.1) is 5.25 Å². The second kappa shape index (κ2) is 8.55. The van der Waals surface area contributed by atoms with Crippen LogP contribution in [0.1, 0.15) is 18.9 Å². The lowest BCUT2D eigenvalue weighted by Gasteiger charge is -2.25. The van der Waals surface area contributed by atoms with Crippen LogP contribution in [0.2, 0.25) is 0 Å². The van der Waals surface area contributed by atoms with Gasteiger partial charge in [-0.05, 0) is 30.5 Å². The zero-order valence-electron chi connectivity index (χ0n) is 17.7. The Labute approximate surface area is 189 Å². The number of benzene rings is 3. The highest BCUT2D eigenvalue weighted by atomic mass is 32.2. The Hall–Kier alpha value is -3.52. The van der Waals surface area contributed by atoms with Crippen molar-refractivity contribution in [3.8, 4) is 11.5 Å². The number of rotatable bonds is 5. The molecule has 0 radical (unpaired) electrons. The molecule has 3 aromatic carbocycles. The van der Waals surface area contributed by atoms with Crippen molar-refractivity contribution in [2.75, 3.05) is 11.9 Å². The van der Waals surface area contributed by atoms with Crippen molar-refractivity contribution in [2.45, 2.75) is 23.4 Å². The first-order chi connectivity index (χ1) is 15.6. The molecule has 4 aromatic rings. The predicted molar refractivity (Wildman–Crippen MR) is 124 cm³/mol. The van der Waals surface area contributed by atoms with Crippen LogP contribution in [0.5, 0.6) is 11.5 Å². The maximum absolute atomic E-state index is 12.9. The van der Waals surface area contributed by atoms with Gasteiger partial charge in [0.15, 0.2) is 28.6 Å². The molecule has 0 saturated heterocycles. The standard InChI is InChI=1S/C24H22N4O3S/c1-15(23(29)25-18-11-7-9-16-8-3-4-10-17(16)18)32-24-27-26-22(28(24)2)21-14-30-19-12-5-6-13-20(19)31-21/h3-13,15,21H,14H2,1-2H3,(H,25,29). The van der Waals surface area contributed by atoms with Crippen molar-refractivity contribution in [1.29, 1.82) is 0 Å². The fraction of sp³-hybridized carbons (Fsp3) is 0.208. The average molecular weight is 447 g/mol. The molecule has 1 aliphatic heterocycles. The van der Waals surface area contributed by atoms with Crippen LogP contribution in [-0.2, 0) is 11.8 Å². The normalized spacial score (nSPS) is 16.0. The molecule has 1 amide bonds. The smallest absolute Gasteiger partial charge is 0.237 e. The topological polar surface area (TPSA) is 78.3 Å². The number of hydrogen-bond donors (Lipinski definition) is 1. The molecule has 0 fully saturated rings. The molecular formula is C24H22N4O3S. The molecule has 2 atom stereocenters. The molecule has 7 nitrogen and oxygen atoms in total. The van der Waals surface area contributed by atoms with Gasteiger partial charge in [0, 0.05) is 18.1 Å². The van der Waals surface area contributed by atoms with Gasteiger partial charge in [-0.25, -0.2) is 0 Å². The largest absolute Gasteiger partial charge is 0.485 e. The molecule has 162 valence electrons. The van der Waals surface area contributed by atoms with Crippen LogP contribution in [0.3, 0.4) is 0 Å². The lowest BCUT2D eigenvalue weighted by atomic mass is 10.1. The van der Waals surface area contributed by atoms with Crippen LogP contribution in [0.4, 0.5) is 5.69 Å². The van der Waals surface area contributed by atoms with Gasteiger partial charge in [-0.1, -0.05) is 60.3 Å². The van der Waals surface area contributed by atoms with E-state index in [1.54, 1.807) is 0 Å². The summed E-state index contributed by atoms with van der Waals surface area (Å²) in [7, 11) is 1.87. The van der Waals surface area contributed by atoms with Gasteiger partial charge in [0.2, 0.25) is 5.91 Å². The zero-order valence-corrected chi connectivity index (χ0v) is 18.5. The zero-order chi connectivity index (χ0) is 22.1. The van der Waals surface area contributed by atoms with Crippen LogP contribution < -0.4 is 14.8 Å². The van der Waals surface area contributed by atoms with Crippen LogP contribution in [-0.4, -0.2) is 32.5 Å². The third kappa shape index (κ3) is 3.89. The lowest BCUT2D eigenvalue weighted by Crippen LogP contribution is -2.25. The van der Waals surface area contributed by atoms with E-state index >= 15 is 0 Å². The second-order valence-corrected chi connectivity index (χ2v) is 8.85. The maximum atomic E-state index is 12.9. The van der Waals surface area contributed by atoms with Crippen molar-refractivity contribution >= 4 is 34.1 Å². The Balaban J connectivity index is 1.28. The van der Waals surface area contributed by atoms with Crippen molar-refractivity contribution in [3.63, 3.8) is 0 Å². The van der Waals surface area contributed by atoms with E-state index in [0.717, 1.165) is 22.2 Å². The molecule has 1 aromatic heterocycles. The summed E-state index contributed by atoms with van der Waals surface area (Å²) in [5.74, 6) is 1.97. The average Bonchev–Trinajstić information content (AvgIpc) is 3.18. The van der Waals surface area contributed by atoms with Crippen molar-refractivity contribution in [1.82, 2.24) is 14.8 Å². The highest BCUT2D eigenvalue weighted by Gasteiger charge is 2.28. The molecule has 1 aliphatic rings. The molecule has 32 heavy (non-hydrogen) atoms. The number of nitrogens with zero attached hydrogens (tertiary/aromatic N) is 3. The van der Waals surface area contributed by atoms with Crippen molar-refractivity contribution in [2.24, 2.45) is 7.05 Å².